The fourth-order valence-electron chi connectivity index (χ4n) is 1.76. The summed E-state index contributed by atoms with van der Waals surface area (Å²) in [5.74, 6) is -2.21. The minimum Gasteiger partial charge on any atom is -0.478 e. The van der Waals surface area contributed by atoms with E-state index in [1.165, 1.54) is 36.4 Å². The molecule has 0 aromatic heterocycles. The predicted octanol–water partition coefficient (Wildman–Crippen LogP) is 2.73. The van der Waals surface area contributed by atoms with E-state index >= 15 is 0 Å². The molecule has 0 unspecified atom stereocenters. The van der Waals surface area contributed by atoms with Crippen LogP contribution in [0.4, 0.5) is 16.2 Å². The van der Waals surface area contributed by atoms with Gasteiger partial charge in [-0.2, -0.15) is 0 Å². The zero-order valence-electron chi connectivity index (χ0n) is 11.2. The maximum atomic E-state index is 11.8. The second-order valence-electron chi connectivity index (χ2n) is 4.31. The lowest BCUT2D eigenvalue weighted by molar-refractivity contribution is 0.0686. The summed E-state index contributed by atoms with van der Waals surface area (Å²) in [6, 6.07) is 10.9. The number of nitrogens with one attached hydrogen (secondary N) is 2. The number of carboxylic acids is 2. The smallest absolute Gasteiger partial charge is 0.337 e. The molecule has 0 aliphatic rings. The summed E-state index contributed by atoms with van der Waals surface area (Å²) in [7, 11) is 0. The second-order valence-corrected chi connectivity index (χ2v) is 4.31. The van der Waals surface area contributed by atoms with Crippen LogP contribution in [0, 0.1) is 0 Å². The maximum absolute atomic E-state index is 11.8. The standard InChI is InChI=1S/C15H12N2O5/c18-13(19)9-5-7-10(8-6-9)16-15(22)17-12-4-2-1-3-11(12)14(20)21/h1-8H,(H,18,19)(H,20,21)(H2,16,17,22). The topological polar surface area (TPSA) is 116 Å². The molecule has 7 nitrogen and oxygen atoms in total. The highest BCUT2D eigenvalue weighted by Gasteiger charge is 2.11. The second kappa shape index (κ2) is 6.40. The number of carbonyl (C=O) groups excluding carboxylic acids is 1. The lowest BCUT2D eigenvalue weighted by Gasteiger charge is -2.10. The van der Waals surface area contributed by atoms with Crippen molar-refractivity contribution in [2.45, 2.75) is 0 Å². The lowest BCUT2D eigenvalue weighted by atomic mass is 10.2. The van der Waals surface area contributed by atoms with E-state index in [1.54, 1.807) is 12.1 Å². The molecule has 0 aliphatic carbocycles. The van der Waals surface area contributed by atoms with Gasteiger partial charge in [0.05, 0.1) is 16.8 Å². The number of para-hydroxylation sites is 1. The number of carbonyl (C=O) groups is 3. The number of aromatic carboxylic acids is 2. The molecule has 0 radical (unpaired) electrons. The predicted molar refractivity (Wildman–Crippen MR) is 79.4 cm³/mol. The SMILES string of the molecule is O=C(Nc1ccc(C(=O)O)cc1)Nc1ccccc1C(=O)O. The first-order valence-electron chi connectivity index (χ1n) is 6.21. The van der Waals surface area contributed by atoms with E-state index in [2.05, 4.69) is 10.6 Å². The third-order valence-corrected chi connectivity index (χ3v) is 2.80. The van der Waals surface area contributed by atoms with Crippen LogP contribution in [-0.4, -0.2) is 28.2 Å². The normalized spacial score (nSPS) is 9.82. The summed E-state index contributed by atoms with van der Waals surface area (Å²) in [6.45, 7) is 0. The molecule has 2 rings (SSSR count). The number of hydrogen-bond donors (Lipinski definition) is 4. The zero-order valence-corrected chi connectivity index (χ0v) is 11.2. The van der Waals surface area contributed by atoms with Gasteiger partial charge in [-0.05, 0) is 36.4 Å². The van der Waals surface area contributed by atoms with Crippen LogP contribution in [0.25, 0.3) is 0 Å². The van der Waals surface area contributed by atoms with Crippen molar-refractivity contribution in [3.8, 4) is 0 Å². The van der Waals surface area contributed by atoms with E-state index in [0.29, 0.717) is 5.69 Å². The van der Waals surface area contributed by atoms with E-state index in [0.717, 1.165) is 0 Å². The van der Waals surface area contributed by atoms with Crippen molar-refractivity contribution in [3.63, 3.8) is 0 Å². The van der Waals surface area contributed by atoms with Gasteiger partial charge in [0.25, 0.3) is 0 Å². The molecule has 2 aromatic rings. The van der Waals surface area contributed by atoms with Crippen molar-refractivity contribution in [2.24, 2.45) is 0 Å². The number of anilines is 2. The van der Waals surface area contributed by atoms with E-state index in [9.17, 15) is 14.4 Å². The summed E-state index contributed by atoms with van der Waals surface area (Å²) >= 11 is 0. The highest BCUT2D eigenvalue weighted by atomic mass is 16.4. The van der Waals surface area contributed by atoms with Gasteiger partial charge in [0.1, 0.15) is 0 Å². The van der Waals surface area contributed by atoms with E-state index in [1.807, 2.05) is 0 Å². The first-order valence-corrected chi connectivity index (χ1v) is 6.21. The van der Waals surface area contributed by atoms with Gasteiger partial charge in [-0.15, -0.1) is 0 Å². The Hall–Kier alpha value is -3.35. The molecule has 2 aromatic carbocycles. The van der Waals surface area contributed by atoms with Crippen molar-refractivity contribution in [2.75, 3.05) is 10.6 Å². The molecule has 0 saturated carbocycles. The highest BCUT2D eigenvalue weighted by molar-refractivity contribution is 6.04. The quantitative estimate of drug-likeness (QED) is 0.693. The van der Waals surface area contributed by atoms with Gasteiger partial charge in [-0.1, -0.05) is 12.1 Å². The van der Waals surface area contributed by atoms with Crippen LogP contribution >= 0.6 is 0 Å². The van der Waals surface area contributed by atoms with E-state index < -0.39 is 18.0 Å². The first kappa shape index (κ1) is 15.0. The number of carboxylic acid groups (broad SMARTS) is 2. The van der Waals surface area contributed by atoms with Crippen molar-refractivity contribution in [1.29, 1.82) is 0 Å². The summed E-state index contributed by atoms with van der Waals surface area (Å²) in [5.41, 5.74) is 0.617. The van der Waals surface area contributed by atoms with Crippen LogP contribution < -0.4 is 10.6 Å². The van der Waals surface area contributed by atoms with Crippen molar-refractivity contribution >= 4 is 29.3 Å². The number of hydrogen-bond acceptors (Lipinski definition) is 3. The largest absolute Gasteiger partial charge is 0.478 e. The molecule has 0 spiro atoms. The molecule has 0 atom stereocenters. The average molecular weight is 300 g/mol. The molecule has 2 amide bonds. The van der Waals surface area contributed by atoms with Crippen LogP contribution in [0.1, 0.15) is 20.7 Å². The van der Waals surface area contributed by atoms with Crippen LogP contribution in [0.15, 0.2) is 48.5 Å². The average Bonchev–Trinajstić information content (AvgIpc) is 2.48. The number of benzene rings is 2. The molecule has 112 valence electrons. The van der Waals surface area contributed by atoms with Gasteiger partial charge >= 0.3 is 18.0 Å². The van der Waals surface area contributed by atoms with Gasteiger partial charge in [0.2, 0.25) is 0 Å². The molecule has 0 fully saturated rings. The maximum Gasteiger partial charge on any atom is 0.337 e. The van der Waals surface area contributed by atoms with Gasteiger partial charge in [0.15, 0.2) is 0 Å². The van der Waals surface area contributed by atoms with Crippen LogP contribution in [-0.2, 0) is 0 Å². The van der Waals surface area contributed by atoms with E-state index in [-0.39, 0.29) is 16.8 Å². The molecule has 0 aliphatic heterocycles. The third kappa shape index (κ3) is 3.60. The Labute approximate surface area is 125 Å². The Morgan fingerprint density at radius 3 is 2.00 bits per heavy atom. The first-order chi connectivity index (χ1) is 10.5. The molecule has 4 N–H and O–H groups in total. The number of amides is 2. The Kier molecular flexibility index (Phi) is 4.38. The fourth-order valence-corrected chi connectivity index (χ4v) is 1.76. The molecular formula is C15H12N2O5. The molecule has 0 bridgehead atoms. The van der Waals surface area contributed by atoms with Crippen molar-refractivity contribution < 1.29 is 24.6 Å². The molecular weight excluding hydrogens is 288 g/mol. The lowest BCUT2D eigenvalue weighted by Crippen LogP contribution is -2.21. The summed E-state index contributed by atoms with van der Waals surface area (Å²) < 4.78 is 0. The number of rotatable bonds is 4. The summed E-state index contributed by atoms with van der Waals surface area (Å²) in [6.07, 6.45) is 0. The third-order valence-electron chi connectivity index (χ3n) is 2.80. The monoisotopic (exact) mass is 300 g/mol. The molecule has 22 heavy (non-hydrogen) atoms. The van der Waals surface area contributed by atoms with Crippen LogP contribution in [0.3, 0.4) is 0 Å². The zero-order chi connectivity index (χ0) is 16.1. The Balaban J connectivity index is 2.07. The van der Waals surface area contributed by atoms with Gasteiger partial charge in [-0.3, -0.25) is 0 Å². The highest BCUT2D eigenvalue weighted by Crippen LogP contribution is 2.16. The van der Waals surface area contributed by atoms with Gasteiger partial charge in [-0.25, -0.2) is 14.4 Å². The van der Waals surface area contributed by atoms with E-state index in [4.69, 9.17) is 10.2 Å². The minimum atomic E-state index is -1.15. The van der Waals surface area contributed by atoms with Crippen molar-refractivity contribution in [1.82, 2.24) is 0 Å². The Bertz CT molecular complexity index is 725. The van der Waals surface area contributed by atoms with Gasteiger partial charge in [0, 0.05) is 5.69 Å². The van der Waals surface area contributed by atoms with Crippen LogP contribution in [0.5, 0.6) is 0 Å². The minimum absolute atomic E-state index is 0.0288. The summed E-state index contributed by atoms with van der Waals surface area (Å²) in [4.78, 5) is 33.6. The molecule has 0 saturated heterocycles. The summed E-state index contributed by atoms with van der Waals surface area (Å²) in [5, 5.41) is 22.7. The molecule has 0 heterocycles. The fraction of sp³-hybridized carbons (Fsp3) is 0. The number of urea groups is 1. The Morgan fingerprint density at radius 2 is 1.41 bits per heavy atom. The molecule has 7 heteroatoms. The van der Waals surface area contributed by atoms with Crippen molar-refractivity contribution in [3.05, 3.63) is 59.7 Å². The van der Waals surface area contributed by atoms with Crippen LogP contribution in [0.2, 0.25) is 0 Å². The van der Waals surface area contributed by atoms with Gasteiger partial charge < -0.3 is 20.8 Å². The Morgan fingerprint density at radius 1 is 0.773 bits per heavy atom.